The van der Waals surface area contributed by atoms with Crippen LogP contribution in [0, 0.1) is 13.8 Å². The van der Waals surface area contributed by atoms with Crippen molar-refractivity contribution in [2.45, 2.75) is 40.5 Å². The van der Waals surface area contributed by atoms with Crippen molar-refractivity contribution in [3.63, 3.8) is 0 Å². The molecule has 1 N–H and O–H groups in total. The zero-order valence-electron chi connectivity index (χ0n) is 17.0. The molecule has 0 spiro atoms. The number of anilines is 1. The van der Waals surface area contributed by atoms with Crippen molar-refractivity contribution < 1.29 is 9.53 Å². The van der Waals surface area contributed by atoms with E-state index in [1.807, 2.05) is 56.3 Å². The van der Waals surface area contributed by atoms with E-state index >= 15 is 0 Å². The highest BCUT2D eigenvalue weighted by Gasteiger charge is 2.12. The monoisotopic (exact) mass is 368 g/mol. The van der Waals surface area contributed by atoms with E-state index in [-0.39, 0.29) is 5.91 Å². The van der Waals surface area contributed by atoms with Crippen molar-refractivity contribution in [2.75, 3.05) is 31.6 Å². The van der Waals surface area contributed by atoms with Crippen LogP contribution in [0.3, 0.4) is 0 Å². The number of rotatable bonds is 10. The summed E-state index contributed by atoms with van der Waals surface area (Å²) >= 11 is 0. The molecule has 0 fully saturated rings. The summed E-state index contributed by atoms with van der Waals surface area (Å²) in [6, 6.07) is 13.5. The number of aryl methyl sites for hydroxylation is 2. The second-order valence-electron chi connectivity index (χ2n) is 6.94. The van der Waals surface area contributed by atoms with Crippen molar-refractivity contribution in [3.05, 3.63) is 59.2 Å². The van der Waals surface area contributed by atoms with Gasteiger partial charge >= 0.3 is 0 Å². The lowest BCUT2D eigenvalue weighted by Gasteiger charge is -2.20. The largest absolute Gasteiger partial charge is 0.492 e. The molecule has 4 nitrogen and oxygen atoms in total. The number of benzene rings is 2. The van der Waals surface area contributed by atoms with E-state index in [2.05, 4.69) is 24.1 Å². The standard InChI is InChI=1S/C23H32N2O2/c1-5-14-25(15-6-2)16-17-27-21-12-10-20(11-13-21)24-23(26)22-18(3)8-7-9-19(22)4/h7-13H,5-6,14-17H2,1-4H3,(H,24,26). The zero-order chi connectivity index (χ0) is 19.6. The number of ether oxygens (including phenoxy) is 1. The van der Waals surface area contributed by atoms with Gasteiger partial charge in [0.15, 0.2) is 0 Å². The lowest BCUT2D eigenvalue weighted by molar-refractivity contribution is 0.102. The minimum absolute atomic E-state index is 0.0750. The van der Waals surface area contributed by atoms with Crippen LogP contribution in [0.2, 0.25) is 0 Å². The summed E-state index contributed by atoms with van der Waals surface area (Å²) < 4.78 is 5.86. The highest BCUT2D eigenvalue weighted by atomic mass is 16.5. The normalized spacial score (nSPS) is 10.9. The van der Waals surface area contributed by atoms with Crippen LogP contribution in [0.5, 0.6) is 5.75 Å². The van der Waals surface area contributed by atoms with Crippen LogP contribution in [-0.2, 0) is 0 Å². The Labute approximate surface area is 163 Å². The second-order valence-corrected chi connectivity index (χ2v) is 6.94. The Morgan fingerprint density at radius 2 is 1.52 bits per heavy atom. The molecule has 0 atom stereocenters. The van der Waals surface area contributed by atoms with Crippen molar-refractivity contribution >= 4 is 11.6 Å². The lowest BCUT2D eigenvalue weighted by atomic mass is 10.0. The fourth-order valence-corrected chi connectivity index (χ4v) is 3.26. The Kier molecular flexibility index (Phi) is 8.34. The molecule has 2 aromatic rings. The summed E-state index contributed by atoms with van der Waals surface area (Å²) in [4.78, 5) is 15.0. The van der Waals surface area contributed by atoms with Gasteiger partial charge in [-0.2, -0.15) is 0 Å². The van der Waals surface area contributed by atoms with E-state index in [0.717, 1.165) is 60.6 Å². The van der Waals surface area contributed by atoms with Crippen LogP contribution in [0.1, 0.15) is 48.2 Å². The summed E-state index contributed by atoms with van der Waals surface area (Å²) in [6.07, 6.45) is 2.32. The molecular formula is C23H32N2O2. The van der Waals surface area contributed by atoms with Crippen LogP contribution in [-0.4, -0.2) is 37.0 Å². The van der Waals surface area contributed by atoms with Crippen molar-refractivity contribution in [1.29, 1.82) is 0 Å². The first-order valence-corrected chi connectivity index (χ1v) is 9.88. The van der Waals surface area contributed by atoms with Crippen LogP contribution in [0.15, 0.2) is 42.5 Å². The van der Waals surface area contributed by atoms with Crippen LogP contribution >= 0.6 is 0 Å². The van der Waals surface area contributed by atoms with Gasteiger partial charge in [0.05, 0.1) is 0 Å². The molecule has 2 rings (SSSR count). The van der Waals surface area contributed by atoms with Crippen LogP contribution in [0.4, 0.5) is 5.69 Å². The van der Waals surface area contributed by atoms with E-state index in [9.17, 15) is 4.79 Å². The van der Waals surface area contributed by atoms with Gasteiger partial charge in [0.2, 0.25) is 0 Å². The minimum Gasteiger partial charge on any atom is -0.492 e. The first kappa shape index (κ1) is 21.0. The molecule has 0 saturated heterocycles. The molecule has 146 valence electrons. The molecule has 0 heterocycles. The lowest BCUT2D eigenvalue weighted by Crippen LogP contribution is -2.30. The number of carbonyl (C=O) groups is 1. The number of hydrogen-bond donors (Lipinski definition) is 1. The van der Waals surface area contributed by atoms with E-state index in [4.69, 9.17) is 4.74 Å². The maximum atomic E-state index is 12.6. The molecule has 0 radical (unpaired) electrons. The summed E-state index contributed by atoms with van der Waals surface area (Å²) in [5, 5.41) is 2.97. The molecule has 0 aromatic heterocycles. The van der Waals surface area contributed by atoms with Gasteiger partial charge in [0.1, 0.15) is 12.4 Å². The molecular weight excluding hydrogens is 336 g/mol. The van der Waals surface area contributed by atoms with Gasteiger partial charge in [-0.15, -0.1) is 0 Å². The summed E-state index contributed by atoms with van der Waals surface area (Å²) in [5.41, 5.74) is 3.48. The fraction of sp³-hybridized carbons (Fsp3) is 0.435. The molecule has 0 unspecified atom stereocenters. The van der Waals surface area contributed by atoms with Gasteiger partial charge in [-0.05, 0) is 75.2 Å². The third-order valence-electron chi connectivity index (χ3n) is 4.58. The van der Waals surface area contributed by atoms with Crippen molar-refractivity contribution in [3.8, 4) is 5.75 Å². The quantitative estimate of drug-likeness (QED) is 0.637. The van der Waals surface area contributed by atoms with Crippen molar-refractivity contribution in [1.82, 2.24) is 4.90 Å². The summed E-state index contributed by atoms with van der Waals surface area (Å²) in [7, 11) is 0. The maximum Gasteiger partial charge on any atom is 0.256 e. The maximum absolute atomic E-state index is 12.6. The van der Waals surface area contributed by atoms with Gasteiger partial charge < -0.3 is 10.1 Å². The first-order chi connectivity index (χ1) is 13.0. The third kappa shape index (κ3) is 6.40. The number of hydrogen-bond acceptors (Lipinski definition) is 3. The minimum atomic E-state index is -0.0750. The Hall–Kier alpha value is -2.33. The number of carbonyl (C=O) groups excluding carboxylic acids is 1. The SMILES string of the molecule is CCCN(CCC)CCOc1ccc(NC(=O)c2c(C)cccc2C)cc1. The molecule has 0 bridgehead atoms. The second kappa shape index (κ2) is 10.7. The highest BCUT2D eigenvalue weighted by molar-refractivity contribution is 6.06. The number of nitrogens with zero attached hydrogens (tertiary/aromatic N) is 1. The predicted octanol–water partition coefficient (Wildman–Crippen LogP) is 5.06. The Morgan fingerprint density at radius 1 is 0.926 bits per heavy atom. The Balaban J connectivity index is 1.88. The summed E-state index contributed by atoms with van der Waals surface area (Å²) in [5.74, 6) is 0.752. The van der Waals surface area contributed by atoms with Crippen molar-refractivity contribution in [2.24, 2.45) is 0 Å². The molecule has 0 aliphatic carbocycles. The van der Waals surface area contributed by atoms with Gasteiger partial charge in [0.25, 0.3) is 5.91 Å². The highest BCUT2D eigenvalue weighted by Crippen LogP contribution is 2.19. The average molecular weight is 369 g/mol. The van der Waals surface area contributed by atoms with Crippen LogP contribution < -0.4 is 10.1 Å². The fourth-order valence-electron chi connectivity index (χ4n) is 3.26. The Bertz CT molecular complexity index is 699. The third-order valence-corrected chi connectivity index (χ3v) is 4.58. The van der Waals surface area contributed by atoms with E-state index in [1.54, 1.807) is 0 Å². The molecule has 0 saturated carbocycles. The van der Waals surface area contributed by atoms with Gasteiger partial charge in [-0.3, -0.25) is 9.69 Å². The molecule has 1 amide bonds. The molecule has 2 aromatic carbocycles. The molecule has 0 aliphatic heterocycles. The van der Waals surface area contributed by atoms with Gasteiger partial charge in [0, 0.05) is 17.8 Å². The topological polar surface area (TPSA) is 41.6 Å². The van der Waals surface area contributed by atoms with Gasteiger partial charge in [-0.1, -0.05) is 32.0 Å². The smallest absolute Gasteiger partial charge is 0.256 e. The van der Waals surface area contributed by atoms with Crippen LogP contribution in [0.25, 0.3) is 0 Å². The Morgan fingerprint density at radius 3 is 2.07 bits per heavy atom. The first-order valence-electron chi connectivity index (χ1n) is 9.88. The van der Waals surface area contributed by atoms with E-state index < -0.39 is 0 Å². The zero-order valence-corrected chi connectivity index (χ0v) is 17.0. The molecule has 0 aliphatic rings. The average Bonchev–Trinajstić information content (AvgIpc) is 2.63. The predicted molar refractivity (Wildman–Crippen MR) is 113 cm³/mol. The number of amides is 1. The number of nitrogens with one attached hydrogen (secondary N) is 1. The summed E-state index contributed by atoms with van der Waals surface area (Å²) in [6.45, 7) is 12.2. The van der Waals surface area contributed by atoms with Gasteiger partial charge in [-0.25, -0.2) is 0 Å². The molecule has 27 heavy (non-hydrogen) atoms. The van der Waals surface area contributed by atoms with E-state index in [1.165, 1.54) is 0 Å². The van der Waals surface area contributed by atoms with E-state index in [0.29, 0.717) is 6.61 Å². The molecule has 4 heteroatoms.